The highest BCUT2D eigenvalue weighted by Gasteiger charge is 2.29. The van der Waals surface area contributed by atoms with Gasteiger partial charge in [-0.3, -0.25) is 0 Å². The van der Waals surface area contributed by atoms with Gasteiger partial charge in [0.25, 0.3) is 0 Å². The predicted molar refractivity (Wildman–Crippen MR) is 88.2 cm³/mol. The second-order valence-electron chi connectivity index (χ2n) is 5.54. The molecule has 3 aromatic rings. The Morgan fingerprint density at radius 1 is 0.870 bits per heavy atom. The molecular weight excluding hydrogens is 286 g/mol. The van der Waals surface area contributed by atoms with Crippen LogP contribution in [0, 0.1) is 0 Å². The number of fused-ring (bicyclic) bond motifs is 3. The van der Waals surface area contributed by atoms with Gasteiger partial charge in [0.1, 0.15) is 12.3 Å². The Balaban J connectivity index is 1.61. The molecule has 1 aliphatic carbocycles. The summed E-state index contributed by atoms with van der Waals surface area (Å²) < 4.78 is 5.52. The van der Waals surface area contributed by atoms with E-state index < -0.39 is 0 Å². The van der Waals surface area contributed by atoms with E-state index in [1.807, 2.05) is 24.3 Å². The fourth-order valence-electron chi connectivity index (χ4n) is 3.16. The summed E-state index contributed by atoms with van der Waals surface area (Å²) in [5.74, 6) is -0.303. The number of carbonyl (C=O) groups is 1. The van der Waals surface area contributed by atoms with Crippen LogP contribution in [0.4, 0.5) is 0 Å². The van der Waals surface area contributed by atoms with Crippen LogP contribution < -0.4 is 0 Å². The average Bonchev–Trinajstić information content (AvgIpc) is 2.94. The standard InChI is InChI=1S/C20H15NO2/c22-20(19-11-5-6-12-21-19)23-13-18-16-9-3-1-7-14(16)15-8-2-4-10-17(15)18/h1-12,18H,13H2. The molecule has 1 heterocycles. The molecule has 1 aliphatic rings. The second kappa shape index (κ2) is 5.69. The molecule has 0 unspecified atom stereocenters. The highest BCUT2D eigenvalue weighted by atomic mass is 16.5. The quantitative estimate of drug-likeness (QED) is 0.685. The van der Waals surface area contributed by atoms with Gasteiger partial charge < -0.3 is 4.74 Å². The van der Waals surface area contributed by atoms with E-state index in [1.165, 1.54) is 22.3 Å². The smallest absolute Gasteiger partial charge is 0.356 e. The molecule has 0 radical (unpaired) electrons. The van der Waals surface area contributed by atoms with Gasteiger partial charge in [-0.1, -0.05) is 54.6 Å². The zero-order valence-electron chi connectivity index (χ0n) is 12.5. The van der Waals surface area contributed by atoms with E-state index in [0.29, 0.717) is 12.3 Å². The summed E-state index contributed by atoms with van der Waals surface area (Å²) >= 11 is 0. The van der Waals surface area contributed by atoms with Crippen LogP contribution in [0.15, 0.2) is 72.9 Å². The minimum atomic E-state index is -0.382. The van der Waals surface area contributed by atoms with E-state index in [1.54, 1.807) is 24.4 Å². The minimum Gasteiger partial charge on any atom is -0.460 e. The fraction of sp³-hybridized carbons (Fsp3) is 0.100. The van der Waals surface area contributed by atoms with Crippen molar-refractivity contribution < 1.29 is 9.53 Å². The third kappa shape index (κ3) is 2.40. The van der Waals surface area contributed by atoms with Crippen molar-refractivity contribution in [2.45, 2.75) is 5.92 Å². The molecule has 112 valence electrons. The van der Waals surface area contributed by atoms with E-state index >= 15 is 0 Å². The number of nitrogens with zero attached hydrogens (tertiary/aromatic N) is 1. The van der Waals surface area contributed by atoms with Crippen molar-refractivity contribution in [3.05, 3.63) is 89.7 Å². The Morgan fingerprint density at radius 3 is 2.09 bits per heavy atom. The summed E-state index contributed by atoms with van der Waals surface area (Å²) in [5.41, 5.74) is 5.21. The average molecular weight is 301 g/mol. The van der Waals surface area contributed by atoms with Crippen LogP contribution >= 0.6 is 0 Å². The molecule has 1 aromatic heterocycles. The molecular formula is C20H15NO2. The van der Waals surface area contributed by atoms with Crippen LogP contribution in [0.1, 0.15) is 27.5 Å². The van der Waals surface area contributed by atoms with Crippen molar-refractivity contribution in [3.8, 4) is 11.1 Å². The normalized spacial score (nSPS) is 12.5. The first-order chi connectivity index (χ1) is 11.3. The van der Waals surface area contributed by atoms with Gasteiger partial charge in [0, 0.05) is 12.1 Å². The van der Waals surface area contributed by atoms with Crippen molar-refractivity contribution >= 4 is 5.97 Å². The molecule has 0 aliphatic heterocycles. The van der Waals surface area contributed by atoms with Crippen LogP contribution in [0.25, 0.3) is 11.1 Å². The number of esters is 1. The lowest BCUT2D eigenvalue weighted by Gasteiger charge is -2.13. The highest BCUT2D eigenvalue weighted by Crippen LogP contribution is 2.44. The Kier molecular flexibility index (Phi) is 3.39. The Morgan fingerprint density at radius 2 is 1.48 bits per heavy atom. The number of aromatic nitrogens is 1. The predicted octanol–water partition coefficient (Wildman–Crippen LogP) is 4.05. The van der Waals surface area contributed by atoms with Crippen molar-refractivity contribution in [3.63, 3.8) is 0 Å². The van der Waals surface area contributed by atoms with Crippen molar-refractivity contribution in [1.82, 2.24) is 4.98 Å². The molecule has 0 saturated carbocycles. The number of hydrogen-bond donors (Lipinski definition) is 0. The third-order valence-corrected chi connectivity index (χ3v) is 4.22. The van der Waals surface area contributed by atoms with Gasteiger partial charge in [0.05, 0.1) is 0 Å². The summed E-state index contributed by atoms with van der Waals surface area (Å²) in [6, 6.07) is 21.8. The minimum absolute atomic E-state index is 0.0788. The van der Waals surface area contributed by atoms with Gasteiger partial charge in [0.15, 0.2) is 0 Å². The van der Waals surface area contributed by atoms with Crippen molar-refractivity contribution in [2.24, 2.45) is 0 Å². The number of pyridine rings is 1. The van der Waals surface area contributed by atoms with Gasteiger partial charge in [-0.15, -0.1) is 0 Å². The van der Waals surface area contributed by atoms with Gasteiger partial charge in [0.2, 0.25) is 0 Å². The molecule has 0 atom stereocenters. The molecule has 23 heavy (non-hydrogen) atoms. The Labute approximate surface area is 134 Å². The molecule has 2 aromatic carbocycles. The van der Waals surface area contributed by atoms with E-state index in [-0.39, 0.29) is 11.9 Å². The maximum atomic E-state index is 12.1. The second-order valence-corrected chi connectivity index (χ2v) is 5.54. The number of rotatable bonds is 3. The first-order valence-corrected chi connectivity index (χ1v) is 7.61. The van der Waals surface area contributed by atoms with Crippen molar-refractivity contribution in [2.75, 3.05) is 6.61 Å². The lowest BCUT2D eigenvalue weighted by molar-refractivity contribution is 0.0486. The number of benzene rings is 2. The molecule has 0 saturated heterocycles. The summed E-state index contributed by atoms with van der Waals surface area (Å²) in [6.45, 7) is 0.323. The lowest BCUT2D eigenvalue weighted by atomic mass is 9.98. The van der Waals surface area contributed by atoms with E-state index in [2.05, 4.69) is 29.2 Å². The van der Waals surface area contributed by atoms with E-state index in [0.717, 1.165) is 0 Å². The SMILES string of the molecule is O=C(OCC1c2ccccc2-c2ccccc21)c1ccccn1. The van der Waals surface area contributed by atoms with Crippen LogP contribution in [0.5, 0.6) is 0 Å². The molecule has 0 fully saturated rings. The highest BCUT2D eigenvalue weighted by molar-refractivity contribution is 5.87. The van der Waals surface area contributed by atoms with E-state index in [9.17, 15) is 4.79 Å². The summed E-state index contributed by atoms with van der Waals surface area (Å²) in [5, 5.41) is 0. The largest absolute Gasteiger partial charge is 0.460 e. The van der Waals surface area contributed by atoms with Crippen molar-refractivity contribution in [1.29, 1.82) is 0 Å². The maximum Gasteiger partial charge on any atom is 0.356 e. The number of carbonyl (C=O) groups excluding carboxylic acids is 1. The molecule has 4 rings (SSSR count). The molecule has 0 N–H and O–H groups in total. The monoisotopic (exact) mass is 301 g/mol. The zero-order chi connectivity index (χ0) is 15.6. The van der Waals surface area contributed by atoms with Gasteiger partial charge in [-0.25, -0.2) is 9.78 Å². The summed E-state index contributed by atoms with van der Waals surface area (Å²) in [7, 11) is 0. The number of hydrogen-bond acceptors (Lipinski definition) is 3. The molecule has 0 spiro atoms. The molecule has 3 heteroatoms. The van der Waals surface area contributed by atoms with Gasteiger partial charge in [-0.2, -0.15) is 0 Å². The van der Waals surface area contributed by atoms with Gasteiger partial charge >= 0.3 is 5.97 Å². The molecule has 3 nitrogen and oxygen atoms in total. The number of ether oxygens (including phenoxy) is 1. The summed E-state index contributed by atoms with van der Waals surface area (Å²) in [6.07, 6.45) is 1.59. The molecule has 0 bridgehead atoms. The Hall–Kier alpha value is -2.94. The Bertz CT molecular complexity index is 813. The topological polar surface area (TPSA) is 39.2 Å². The molecule has 0 amide bonds. The van der Waals surface area contributed by atoms with Crippen LogP contribution in [0.3, 0.4) is 0 Å². The van der Waals surface area contributed by atoms with Gasteiger partial charge in [-0.05, 0) is 34.4 Å². The van der Waals surface area contributed by atoms with Crippen LogP contribution in [-0.2, 0) is 4.74 Å². The third-order valence-electron chi connectivity index (χ3n) is 4.22. The first-order valence-electron chi connectivity index (χ1n) is 7.61. The van der Waals surface area contributed by atoms with E-state index in [4.69, 9.17) is 4.74 Å². The van der Waals surface area contributed by atoms with Crippen LogP contribution in [-0.4, -0.2) is 17.6 Å². The summed E-state index contributed by atoms with van der Waals surface area (Å²) in [4.78, 5) is 16.2. The first kappa shape index (κ1) is 13.7. The zero-order valence-corrected chi connectivity index (χ0v) is 12.5. The fourth-order valence-corrected chi connectivity index (χ4v) is 3.16. The lowest BCUT2D eigenvalue weighted by Crippen LogP contribution is -2.13. The van der Waals surface area contributed by atoms with Crippen LogP contribution in [0.2, 0.25) is 0 Å². The maximum absolute atomic E-state index is 12.1.